The average molecular weight is 398 g/mol. The van der Waals surface area contributed by atoms with Crippen LogP contribution in [0.1, 0.15) is 23.6 Å². The van der Waals surface area contributed by atoms with Gasteiger partial charge >= 0.3 is 0 Å². The normalized spacial score (nSPS) is 17.9. The molecular weight excluding hydrogens is 374 g/mol. The third-order valence-electron chi connectivity index (χ3n) is 4.29. The van der Waals surface area contributed by atoms with Gasteiger partial charge in [-0.05, 0) is 55.2 Å². The minimum absolute atomic E-state index is 0.0371. The summed E-state index contributed by atoms with van der Waals surface area (Å²) in [5.74, 6) is 1.29. The van der Waals surface area contributed by atoms with Crippen LogP contribution in [0.15, 0.2) is 52.7 Å². The van der Waals surface area contributed by atoms with Crippen LogP contribution in [0.4, 0.5) is 0 Å². The first-order chi connectivity index (χ1) is 13.6. The molecule has 0 radical (unpaired) electrons. The second-order valence-electron chi connectivity index (χ2n) is 6.22. The summed E-state index contributed by atoms with van der Waals surface area (Å²) in [6, 6.07) is 13.6. The Morgan fingerprint density at radius 1 is 1.21 bits per heavy atom. The SMILES string of the molecule is CCOc1ccc(/C=N/N=C2\NC(=O)C(Cc3ccccc3C)S2)cc1OC. The molecule has 1 fully saturated rings. The maximum absolute atomic E-state index is 12.2. The first-order valence-corrected chi connectivity index (χ1v) is 9.92. The zero-order valence-corrected chi connectivity index (χ0v) is 17.0. The number of nitrogens with zero attached hydrogens (tertiary/aromatic N) is 2. The van der Waals surface area contributed by atoms with E-state index in [2.05, 4.69) is 34.6 Å². The fourth-order valence-corrected chi connectivity index (χ4v) is 3.76. The molecule has 1 amide bonds. The molecule has 1 heterocycles. The zero-order valence-electron chi connectivity index (χ0n) is 16.1. The number of methoxy groups -OCH3 is 1. The molecule has 1 aliphatic heterocycles. The molecule has 28 heavy (non-hydrogen) atoms. The summed E-state index contributed by atoms with van der Waals surface area (Å²) in [6.07, 6.45) is 2.29. The van der Waals surface area contributed by atoms with Gasteiger partial charge in [-0.15, -0.1) is 5.10 Å². The second kappa shape index (κ2) is 9.41. The Morgan fingerprint density at radius 2 is 2.04 bits per heavy atom. The number of carbonyl (C=O) groups excluding carboxylic acids is 1. The lowest BCUT2D eigenvalue weighted by molar-refractivity contribution is -0.118. The van der Waals surface area contributed by atoms with Crippen molar-refractivity contribution in [2.24, 2.45) is 10.2 Å². The van der Waals surface area contributed by atoms with Crippen LogP contribution in [0.25, 0.3) is 0 Å². The van der Waals surface area contributed by atoms with E-state index in [0.29, 0.717) is 29.7 Å². The molecule has 0 spiro atoms. The molecule has 6 nitrogen and oxygen atoms in total. The lowest BCUT2D eigenvalue weighted by Gasteiger charge is -2.09. The molecule has 2 aromatic carbocycles. The Kier molecular flexibility index (Phi) is 6.71. The van der Waals surface area contributed by atoms with Crippen LogP contribution in [0.3, 0.4) is 0 Å². The van der Waals surface area contributed by atoms with Gasteiger partial charge in [0.25, 0.3) is 0 Å². The molecule has 1 unspecified atom stereocenters. The molecule has 0 aromatic heterocycles. The maximum Gasteiger partial charge on any atom is 0.239 e. The molecule has 0 aliphatic carbocycles. The van der Waals surface area contributed by atoms with Crippen molar-refractivity contribution in [1.29, 1.82) is 0 Å². The van der Waals surface area contributed by atoms with Crippen molar-refractivity contribution in [3.63, 3.8) is 0 Å². The van der Waals surface area contributed by atoms with Crippen LogP contribution < -0.4 is 14.8 Å². The summed E-state index contributed by atoms with van der Waals surface area (Å²) in [4.78, 5) is 12.2. The fraction of sp³-hybridized carbons (Fsp3) is 0.286. The largest absolute Gasteiger partial charge is 0.493 e. The molecule has 1 saturated heterocycles. The van der Waals surface area contributed by atoms with E-state index >= 15 is 0 Å². The van der Waals surface area contributed by atoms with Crippen LogP contribution >= 0.6 is 11.8 Å². The molecule has 1 atom stereocenters. The summed E-state index contributed by atoms with van der Waals surface area (Å²) in [5, 5.41) is 11.4. The van der Waals surface area contributed by atoms with Gasteiger partial charge in [0.1, 0.15) is 0 Å². The van der Waals surface area contributed by atoms with Crippen molar-refractivity contribution in [3.8, 4) is 11.5 Å². The Bertz CT molecular complexity index is 912. The van der Waals surface area contributed by atoms with Crippen LogP contribution in [0.5, 0.6) is 11.5 Å². The minimum Gasteiger partial charge on any atom is -0.493 e. The number of thioether (sulfide) groups is 1. The Hall–Kier alpha value is -2.80. The summed E-state index contributed by atoms with van der Waals surface area (Å²) in [7, 11) is 1.60. The number of ether oxygens (including phenoxy) is 2. The number of hydrogen-bond donors (Lipinski definition) is 1. The highest BCUT2D eigenvalue weighted by Crippen LogP contribution is 2.28. The number of amidine groups is 1. The first kappa shape index (κ1) is 19.9. The van der Waals surface area contributed by atoms with Crippen LogP contribution in [-0.2, 0) is 11.2 Å². The summed E-state index contributed by atoms with van der Waals surface area (Å²) >= 11 is 1.41. The molecule has 1 aliphatic rings. The molecule has 0 saturated carbocycles. The van der Waals surface area contributed by atoms with Crippen molar-refractivity contribution in [1.82, 2.24) is 5.32 Å². The van der Waals surface area contributed by atoms with Crippen molar-refractivity contribution < 1.29 is 14.3 Å². The highest BCUT2D eigenvalue weighted by Gasteiger charge is 2.30. The van der Waals surface area contributed by atoms with Crippen LogP contribution in [0.2, 0.25) is 0 Å². The van der Waals surface area contributed by atoms with E-state index in [1.165, 1.54) is 22.9 Å². The highest BCUT2D eigenvalue weighted by molar-refractivity contribution is 8.15. The Balaban J connectivity index is 1.65. The van der Waals surface area contributed by atoms with Crippen molar-refractivity contribution >= 4 is 29.1 Å². The molecule has 2 aromatic rings. The summed E-state index contributed by atoms with van der Waals surface area (Å²) in [6.45, 7) is 4.54. The number of amides is 1. The lowest BCUT2D eigenvalue weighted by Crippen LogP contribution is -2.26. The number of aryl methyl sites for hydroxylation is 1. The van der Waals surface area contributed by atoms with E-state index in [-0.39, 0.29) is 11.2 Å². The van der Waals surface area contributed by atoms with Gasteiger partial charge in [0, 0.05) is 0 Å². The van der Waals surface area contributed by atoms with Crippen LogP contribution in [0, 0.1) is 6.92 Å². The number of nitrogens with one attached hydrogen (secondary N) is 1. The van der Waals surface area contributed by atoms with Gasteiger partial charge in [0.2, 0.25) is 5.91 Å². The molecule has 3 rings (SSSR count). The molecule has 0 bridgehead atoms. The predicted molar refractivity (Wildman–Crippen MR) is 114 cm³/mol. The summed E-state index contributed by atoms with van der Waals surface area (Å²) < 4.78 is 10.8. The molecule has 1 N–H and O–H groups in total. The van der Waals surface area contributed by atoms with Crippen molar-refractivity contribution in [3.05, 3.63) is 59.2 Å². The first-order valence-electron chi connectivity index (χ1n) is 9.04. The Morgan fingerprint density at radius 3 is 2.79 bits per heavy atom. The number of rotatable bonds is 7. The lowest BCUT2D eigenvalue weighted by atomic mass is 10.0. The quantitative estimate of drug-likeness (QED) is 0.573. The van der Waals surface area contributed by atoms with Crippen molar-refractivity contribution in [2.75, 3.05) is 13.7 Å². The topological polar surface area (TPSA) is 72.3 Å². The zero-order chi connectivity index (χ0) is 19.9. The van der Waals surface area contributed by atoms with Gasteiger partial charge in [-0.2, -0.15) is 5.10 Å². The van der Waals surface area contributed by atoms with E-state index in [1.54, 1.807) is 13.3 Å². The average Bonchev–Trinajstić information content (AvgIpc) is 3.04. The van der Waals surface area contributed by atoms with Gasteiger partial charge in [0.15, 0.2) is 16.7 Å². The third-order valence-corrected chi connectivity index (χ3v) is 5.36. The standard InChI is InChI=1S/C21H23N3O3S/c1-4-27-17-10-9-15(11-18(17)26-3)13-22-24-21-23-20(25)19(28-21)12-16-8-6-5-7-14(16)2/h5-11,13,19H,4,12H2,1-3H3,(H,23,24,25)/b22-13+. The smallest absolute Gasteiger partial charge is 0.239 e. The highest BCUT2D eigenvalue weighted by atomic mass is 32.2. The molecule has 7 heteroatoms. The number of carbonyl (C=O) groups is 1. The monoisotopic (exact) mass is 397 g/mol. The third kappa shape index (κ3) is 4.92. The second-order valence-corrected chi connectivity index (χ2v) is 7.41. The number of benzene rings is 2. The van der Waals surface area contributed by atoms with Gasteiger partial charge in [-0.25, -0.2) is 0 Å². The molecule has 146 valence electrons. The van der Waals surface area contributed by atoms with E-state index in [0.717, 1.165) is 5.56 Å². The van der Waals surface area contributed by atoms with Gasteiger partial charge in [-0.1, -0.05) is 36.0 Å². The van der Waals surface area contributed by atoms with Crippen molar-refractivity contribution in [2.45, 2.75) is 25.5 Å². The Labute approximate surface area is 169 Å². The van der Waals surface area contributed by atoms with Gasteiger partial charge < -0.3 is 14.8 Å². The van der Waals surface area contributed by atoms with E-state index in [9.17, 15) is 4.79 Å². The minimum atomic E-state index is -0.194. The van der Waals surface area contributed by atoms with E-state index in [4.69, 9.17) is 9.47 Å². The summed E-state index contributed by atoms with van der Waals surface area (Å²) in [5.41, 5.74) is 3.18. The van der Waals surface area contributed by atoms with E-state index in [1.807, 2.05) is 37.3 Å². The van der Waals surface area contributed by atoms with Gasteiger partial charge in [-0.3, -0.25) is 4.79 Å². The fourth-order valence-electron chi connectivity index (χ4n) is 2.81. The number of hydrogen-bond acceptors (Lipinski definition) is 6. The predicted octanol–water partition coefficient (Wildman–Crippen LogP) is 3.57. The molecular formula is C21H23N3O3S. The van der Waals surface area contributed by atoms with E-state index < -0.39 is 0 Å². The maximum atomic E-state index is 12.2. The van der Waals surface area contributed by atoms with Gasteiger partial charge in [0.05, 0.1) is 25.2 Å². The van der Waals surface area contributed by atoms with Crippen LogP contribution in [-0.4, -0.2) is 36.3 Å².